The monoisotopic (exact) mass is 454 g/mol. The lowest BCUT2D eigenvalue weighted by Crippen LogP contribution is -2.46. The quantitative estimate of drug-likeness (QED) is 0.301. The summed E-state index contributed by atoms with van der Waals surface area (Å²) in [6.07, 6.45) is 4.68. The number of nitro benzene ring substituents is 1. The van der Waals surface area contributed by atoms with Crippen LogP contribution in [0.1, 0.15) is 15.9 Å². The molecule has 2 aromatic rings. The number of nitriles is 1. The standard InChI is InChI=1S/C25H18N4O5/c1-14-5-7-17(8-6-14)28-24(31)20-19-11-15(13-26)9-10-27(19)22(21(20)25(28)32)23(30)16-3-2-4-18(12-16)29(33)34/h2-12,19-22H,1H3/t19-,20+,21+,22+/m1/s1. The smallest absolute Gasteiger partial charge is 0.270 e. The molecule has 0 unspecified atom stereocenters. The van der Waals surface area contributed by atoms with Crippen LogP contribution in [0.2, 0.25) is 0 Å². The normalized spacial score (nSPS) is 25.0. The lowest BCUT2D eigenvalue weighted by molar-refractivity contribution is -0.384. The van der Waals surface area contributed by atoms with Gasteiger partial charge in [0.25, 0.3) is 5.69 Å². The first-order valence-electron chi connectivity index (χ1n) is 10.6. The molecule has 0 spiro atoms. The predicted octanol–water partition coefficient (Wildman–Crippen LogP) is 2.92. The van der Waals surface area contributed by atoms with Gasteiger partial charge in [-0.3, -0.25) is 24.5 Å². The van der Waals surface area contributed by atoms with Crippen LogP contribution in [0.5, 0.6) is 0 Å². The van der Waals surface area contributed by atoms with E-state index in [0.717, 1.165) is 10.5 Å². The fourth-order valence-electron chi connectivity index (χ4n) is 5.01. The van der Waals surface area contributed by atoms with E-state index in [1.165, 1.54) is 30.3 Å². The van der Waals surface area contributed by atoms with E-state index in [4.69, 9.17) is 0 Å². The van der Waals surface area contributed by atoms with Gasteiger partial charge < -0.3 is 4.90 Å². The minimum absolute atomic E-state index is 0.0797. The number of Topliss-reactive ketones (excluding diaryl/α,β-unsaturated/α-hetero) is 1. The molecular weight excluding hydrogens is 436 g/mol. The number of carbonyl (C=O) groups is 3. The first-order valence-corrected chi connectivity index (χ1v) is 10.6. The first-order chi connectivity index (χ1) is 16.3. The van der Waals surface area contributed by atoms with Crippen molar-refractivity contribution in [3.63, 3.8) is 0 Å². The zero-order valence-corrected chi connectivity index (χ0v) is 18.0. The van der Waals surface area contributed by atoms with E-state index in [9.17, 15) is 29.8 Å². The van der Waals surface area contributed by atoms with E-state index in [2.05, 4.69) is 0 Å². The predicted molar refractivity (Wildman–Crippen MR) is 120 cm³/mol. The highest BCUT2D eigenvalue weighted by atomic mass is 16.6. The average Bonchev–Trinajstić information content (AvgIpc) is 3.31. The van der Waals surface area contributed by atoms with Crippen molar-refractivity contribution in [2.75, 3.05) is 4.90 Å². The van der Waals surface area contributed by atoms with Crippen molar-refractivity contribution in [1.82, 2.24) is 4.90 Å². The molecule has 2 saturated heterocycles. The molecule has 0 bridgehead atoms. The Labute approximate surface area is 194 Å². The summed E-state index contributed by atoms with van der Waals surface area (Å²) in [6.45, 7) is 1.89. The topological polar surface area (TPSA) is 125 Å². The molecule has 34 heavy (non-hydrogen) atoms. The summed E-state index contributed by atoms with van der Waals surface area (Å²) in [5, 5.41) is 20.6. The van der Waals surface area contributed by atoms with Gasteiger partial charge in [0.15, 0.2) is 5.78 Å². The molecule has 168 valence electrons. The van der Waals surface area contributed by atoms with Gasteiger partial charge in [0, 0.05) is 23.9 Å². The van der Waals surface area contributed by atoms with Crippen molar-refractivity contribution in [2.24, 2.45) is 11.8 Å². The van der Waals surface area contributed by atoms with Gasteiger partial charge in [0.2, 0.25) is 11.8 Å². The van der Waals surface area contributed by atoms with Crippen LogP contribution in [0, 0.1) is 40.2 Å². The number of anilines is 1. The van der Waals surface area contributed by atoms with E-state index in [1.807, 2.05) is 13.0 Å². The molecule has 9 heteroatoms. The number of benzene rings is 2. The second-order valence-electron chi connectivity index (χ2n) is 8.50. The molecule has 3 heterocycles. The second-order valence-corrected chi connectivity index (χ2v) is 8.50. The average molecular weight is 454 g/mol. The molecule has 3 aliphatic rings. The van der Waals surface area contributed by atoms with Gasteiger partial charge in [-0.05, 0) is 31.2 Å². The van der Waals surface area contributed by atoms with E-state index < -0.39 is 46.4 Å². The van der Waals surface area contributed by atoms with Crippen molar-refractivity contribution < 1.29 is 19.3 Å². The lowest BCUT2D eigenvalue weighted by atomic mass is 9.86. The van der Waals surface area contributed by atoms with Gasteiger partial charge in [-0.25, -0.2) is 4.90 Å². The van der Waals surface area contributed by atoms with Crippen LogP contribution in [-0.2, 0) is 9.59 Å². The fraction of sp³-hybridized carbons (Fsp3) is 0.200. The summed E-state index contributed by atoms with van der Waals surface area (Å²) >= 11 is 0. The van der Waals surface area contributed by atoms with Crippen LogP contribution in [0.4, 0.5) is 11.4 Å². The van der Waals surface area contributed by atoms with E-state index in [-0.39, 0.29) is 11.3 Å². The molecule has 0 N–H and O–H groups in total. The van der Waals surface area contributed by atoms with Gasteiger partial charge in [0.05, 0.1) is 40.1 Å². The highest BCUT2D eigenvalue weighted by Gasteiger charge is 2.63. The Bertz CT molecular complexity index is 1350. The Morgan fingerprint density at radius 3 is 2.47 bits per heavy atom. The molecule has 0 aromatic heterocycles. The maximum atomic E-state index is 13.6. The number of amides is 2. The molecule has 5 rings (SSSR count). The van der Waals surface area contributed by atoms with Crippen LogP contribution >= 0.6 is 0 Å². The van der Waals surface area contributed by atoms with Crippen molar-refractivity contribution in [3.8, 4) is 6.07 Å². The summed E-state index contributed by atoms with van der Waals surface area (Å²) in [5.41, 5.74) is 1.55. The van der Waals surface area contributed by atoms with Crippen LogP contribution in [0.25, 0.3) is 0 Å². The summed E-state index contributed by atoms with van der Waals surface area (Å²) in [7, 11) is 0. The molecule has 9 nitrogen and oxygen atoms in total. The Kier molecular flexibility index (Phi) is 4.87. The molecule has 2 amide bonds. The Morgan fingerprint density at radius 2 is 1.79 bits per heavy atom. The van der Waals surface area contributed by atoms with Crippen molar-refractivity contribution in [3.05, 3.63) is 93.7 Å². The van der Waals surface area contributed by atoms with Crippen LogP contribution in [-0.4, -0.2) is 39.5 Å². The number of rotatable bonds is 4. The minimum Gasteiger partial charge on any atom is -0.359 e. The highest BCUT2D eigenvalue weighted by molar-refractivity contribution is 6.24. The highest BCUT2D eigenvalue weighted by Crippen LogP contribution is 2.47. The molecule has 3 aliphatic heterocycles. The van der Waals surface area contributed by atoms with Crippen molar-refractivity contribution >= 4 is 29.0 Å². The van der Waals surface area contributed by atoms with Crippen molar-refractivity contribution in [1.29, 1.82) is 5.26 Å². The maximum absolute atomic E-state index is 13.6. The van der Waals surface area contributed by atoms with Gasteiger partial charge in [-0.2, -0.15) is 5.26 Å². The van der Waals surface area contributed by atoms with Crippen LogP contribution < -0.4 is 4.90 Å². The third-order valence-corrected chi connectivity index (χ3v) is 6.58. The van der Waals surface area contributed by atoms with E-state index in [0.29, 0.717) is 11.3 Å². The molecule has 2 fully saturated rings. The zero-order valence-electron chi connectivity index (χ0n) is 18.0. The number of aryl methyl sites for hydroxylation is 1. The number of ketones is 1. The molecular formula is C25H18N4O5. The second kappa shape index (κ2) is 7.78. The summed E-state index contributed by atoms with van der Waals surface area (Å²) in [5.74, 6) is -3.30. The number of non-ortho nitro benzene ring substituents is 1. The number of allylic oxidation sites excluding steroid dienone is 2. The van der Waals surface area contributed by atoms with Gasteiger partial charge in [0.1, 0.15) is 6.04 Å². The third-order valence-electron chi connectivity index (χ3n) is 6.58. The van der Waals surface area contributed by atoms with Crippen LogP contribution in [0.3, 0.4) is 0 Å². The number of nitro groups is 1. The first kappa shape index (κ1) is 21.3. The minimum atomic E-state index is -1.04. The number of hydrogen-bond donors (Lipinski definition) is 0. The van der Waals surface area contributed by atoms with Crippen LogP contribution in [0.15, 0.2) is 72.5 Å². The maximum Gasteiger partial charge on any atom is 0.270 e. The van der Waals surface area contributed by atoms with E-state index >= 15 is 0 Å². The largest absolute Gasteiger partial charge is 0.359 e. The molecule has 0 aliphatic carbocycles. The molecule has 2 aromatic carbocycles. The van der Waals surface area contributed by atoms with E-state index in [1.54, 1.807) is 41.4 Å². The molecule has 0 saturated carbocycles. The Morgan fingerprint density at radius 1 is 1.09 bits per heavy atom. The zero-order chi connectivity index (χ0) is 24.1. The number of imide groups is 1. The third kappa shape index (κ3) is 3.11. The van der Waals surface area contributed by atoms with Gasteiger partial charge in [-0.15, -0.1) is 0 Å². The van der Waals surface area contributed by atoms with Gasteiger partial charge >= 0.3 is 0 Å². The number of carbonyl (C=O) groups excluding carboxylic acids is 3. The summed E-state index contributed by atoms with van der Waals surface area (Å²) < 4.78 is 0. The number of fused-ring (bicyclic) bond motifs is 3. The Balaban J connectivity index is 1.60. The summed E-state index contributed by atoms with van der Waals surface area (Å²) in [4.78, 5) is 54.1. The van der Waals surface area contributed by atoms with Crippen molar-refractivity contribution in [2.45, 2.75) is 19.0 Å². The Hall–Kier alpha value is -4.58. The number of nitrogens with zero attached hydrogens (tertiary/aromatic N) is 4. The fourth-order valence-corrected chi connectivity index (χ4v) is 5.01. The SMILES string of the molecule is Cc1ccc(N2C(=O)[C@@H]3[C@H](C2=O)[C@@H](C(=O)c2cccc([N+](=O)[O-])c2)N2C=CC(C#N)=C[C@H]32)cc1. The molecule has 4 atom stereocenters. The van der Waals surface area contributed by atoms with Gasteiger partial charge in [-0.1, -0.05) is 29.8 Å². The molecule has 0 radical (unpaired) electrons. The summed E-state index contributed by atoms with van der Waals surface area (Å²) in [6, 6.07) is 12.6. The lowest BCUT2D eigenvalue weighted by Gasteiger charge is -2.32. The number of hydrogen-bond acceptors (Lipinski definition) is 7.